The molecule has 0 saturated heterocycles. The summed E-state index contributed by atoms with van der Waals surface area (Å²) in [7, 11) is -1.47. The third kappa shape index (κ3) is 4.27. The molecule has 0 amide bonds. The highest BCUT2D eigenvalue weighted by Crippen LogP contribution is 2.24. The zero-order valence-corrected chi connectivity index (χ0v) is 10.3. The van der Waals surface area contributed by atoms with E-state index in [1.54, 1.807) is 0 Å². The molecule has 0 N–H and O–H groups in total. The molecular weight excluding hydrogens is 180 g/mol. The van der Waals surface area contributed by atoms with Crippen molar-refractivity contribution >= 4 is 14.0 Å². The summed E-state index contributed by atoms with van der Waals surface area (Å²) in [4.78, 5) is 11.5. The predicted octanol–water partition coefficient (Wildman–Crippen LogP) is 2.83. The Morgan fingerprint density at radius 3 is 2.31 bits per heavy atom. The van der Waals surface area contributed by atoms with Gasteiger partial charge in [-0.2, -0.15) is 0 Å². The van der Waals surface area contributed by atoms with Crippen LogP contribution in [0.5, 0.6) is 0 Å². The molecule has 76 valence electrons. The van der Waals surface area contributed by atoms with Gasteiger partial charge in [-0.3, -0.25) is 4.79 Å². The third-order valence-corrected chi connectivity index (χ3v) is 4.15. The fourth-order valence-electron chi connectivity index (χ4n) is 1.15. The van der Waals surface area contributed by atoms with E-state index in [0.29, 0.717) is 6.61 Å². The van der Waals surface area contributed by atoms with E-state index >= 15 is 0 Å². The number of rotatable bonds is 4. The molecule has 0 heterocycles. The van der Waals surface area contributed by atoms with E-state index in [4.69, 9.17) is 4.74 Å². The highest BCUT2D eigenvalue weighted by atomic mass is 28.3. The van der Waals surface area contributed by atoms with Crippen LogP contribution in [-0.4, -0.2) is 20.7 Å². The SMILES string of the molecule is CC=CC(C(=O)OCC)[Si](C)(C)C. The summed E-state index contributed by atoms with van der Waals surface area (Å²) in [5, 5.41) is 0. The Bertz CT molecular complexity index is 192. The standard InChI is InChI=1S/C10H20O2Si/c1-6-8-9(13(3,4)5)10(11)12-7-2/h6,8-9H,7H2,1-5H3. The lowest BCUT2D eigenvalue weighted by atomic mass is 10.4. The van der Waals surface area contributed by atoms with Crippen LogP contribution in [0.1, 0.15) is 13.8 Å². The van der Waals surface area contributed by atoms with Crippen LogP contribution >= 0.6 is 0 Å². The van der Waals surface area contributed by atoms with E-state index in [0.717, 1.165) is 0 Å². The van der Waals surface area contributed by atoms with E-state index in [1.165, 1.54) is 0 Å². The van der Waals surface area contributed by atoms with Crippen molar-refractivity contribution in [1.82, 2.24) is 0 Å². The van der Waals surface area contributed by atoms with E-state index < -0.39 is 8.07 Å². The van der Waals surface area contributed by atoms with Crippen LogP contribution in [0.25, 0.3) is 0 Å². The van der Waals surface area contributed by atoms with Gasteiger partial charge in [-0.25, -0.2) is 0 Å². The van der Waals surface area contributed by atoms with Crippen molar-refractivity contribution in [3.8, 4) is 0 Å². The summed E-state index contributed by atoms with van der Waals surface area (Å²) in [6.45, 7) is 10.8. The predicted molar refractivity (Wildman–Crippen MR) is 58.5 cm³/mol. The van der Waals surface area contributed by atoms with Crippen molar-refractivity contribution in [3.63, 3.8) is 0 Å². The molecule has 1 unspecified atom stereocenters. The van der Waals surface area contributed by atoms with Gasteiger partial charge in [-0.05, 0) is 13.8 Å². The van der Waals surface area contributed by atoms with Crippen molar-refractivity contribution in [3.05, 3.63) is 12.2 Å². The number of hydrogen-bond acceptors (Lipinski definition) is 2. The van der Waals surface area contributed by atoms with Crippen LogP contribution in [0.3, 0.4) is 0 Å². The molecule has 0 bridgehead atoms. The Morgan fingerprint density at radius 1 is 1.46 bits per heavy atom. The quantitative estimate of drug-likeness (QED) is 0.396. The molecule has 0 spiro atoms. The second kappa shape index (κ2) is 5.22. The topological polar surface area (TPSA) is 26.3 Å². The number of ether oxygens (including phenoxy) is 1. The first-order valence-electron chi connectivity index (χ1n) is 4.73. The van der Waals surface area contributed by atoms with Crippen LogP contribution in [0.15, 0.2) is 12.2 Å². The van der Waals surface area contributed by atoms with Gasteiger partial charge in [0.25, 0.3) is 0 Å². The molecule has 0 aromatic carbocycles. The normalized spacial score (nSPS) is 14.5. The van der Waals surface area contributed by atoms with Crippen LogP contribution in [0.4, 0.5) is 0 Å². The number of carbonyl (C=O) groups is 1. The van der Waals surface area contributed by atoms with Crippen molar-refractivity contribution in [1.29, 1.82) is 0 Å². The highest BCUT2D eigenvalue weighted by molar-refractivity contribution is 6.80. The van der Waals surface area contributed by atoms with Gasteiger partial charge in [0.05, 0.1) is 20.2 Å². The van der Waals surface area contributed by atoms with E-state index in [9.17, 15) is 4.79 Å². The van der Waals surface area contributed by atoms with Gasteiger partial charge in [-0.15, -0.1) is 0 Å². The first-order chi connectivity index (χ1) is 5.93. The minimum atomic E-state index is -1.47. The number of hydrogen-bond donors (Lipinski definition) is 0. The molecule has 1 atom stereocenters. The fraction of sp³-hybridized carbons (Fsp3) is 0.700. The van der Waals surface area contributed by atoms with Crippen LogP contribution in [-0.2, 0) is 9.53 Å². The maximum absolute atomic E-state index is 11.5. The first kappa shape index (κ1) is 12.4. The Morgan fingerprint density at radius 2 is 2.00 bits per heavy atom. The second-order valence-corrected chi connectivity index (χ2v) is 9.48. The van der Waals surface area contributed by atoms with E-state index in [2.05, 4.69) is 19.6 Å². The van der Waals surface area contributed by atoms with Gasteiger partial charge in [0, 0.05) is 0 Å². The van der Waals surface area contributed by atoms with Crippen LogP contribution in [0, 0.1) is 0 Å². The number of esters is 1. The molecule has 0 aliphatic heterocycles. The minimum absolute atomic E-state index is 0.00236. The fourth-order valence-corrected chi connectivity index (χ4v) is 2.71. The molecule has 13 heavy (non-hydrogen) atoms. The molecule has 3 heteroatoms. The molecule has 0 aliphatic rings. The molecule has 0 fully saturated rings. The monoisotopic (exact) mass is 200 g/mol. The lowest BCUT2D eigenvalue weighted by molar-refractivity contribution is -0.142. The molecule has 2 nitrogen and oxygen atoms in total. The van der Waals surface area contributed by atoms with E-state index in [1.807, 2.05) is 26.0 Å². The van der Waals surface area contributed by atoms with Gasteiger partial charge in [0.15, 0.2) is 0 Å². The summed E-state index contributed by atoms with van der Waals surface area (Å²) in [5.41, 5.74) is -0.00236. The summed E-state index contributed by atoms with van der Waals surface area (Å²) in [5.74, 6) is -0.0697. The maximum atomic E-state index is 11.5. The lowest BCUT2D eigenvalue weighted by Crippen LogP contribution is -2.33. The highest BCUT2D eigenvalue weighted by Gasteiger charge is 2.31. The van der Waals surface area contributed by atoms with Gasteiger partial charge in [0.1, 0.15) is 0 Å². The molecule has 0 rings (SSSR count). The average molecular weight is 200 g/mol. The average Bonchev–Trinajstić information content (AvgIpc) is 1.98. The second-order valence-electron chi connectivity index (χ2n) is 4.12. The van der Waals surface area contributed by atoms with Gasteiger partial charge >= 0.3 is 5.97 Å². The molecule has 0 aromatic rings. The minimum Gasteiger partial charge on any atom is -0.466 e. The van der Waals surface area contributed by atoms with E-state index in [-0.39, 0.29) is 11.5 Å². The first-order valence-corrected chi connectivity index (χ1v) is 8.30. The van der Waals surface area contributed by atoms with Crippen LogP contribution in [0.2, 0.25) is 25.2 Å². The smallest absolute Gasteiger partial charge is 0.309 e. The van der Waals surface area contributed by atoms with Gasteiger partial charge in [-0.1, -0.05) is 31.8 Å². The zero-order valence-electron chi connectivity index (χ0n) is 9.26. The van der Waals surface area contributed by atoms with Crippen LogP contribution < -0.4 is 0 Å². The molecular formula is C10H20O2Si. The zero-order chi connectivity index (χ0) is 10.5. The van der Waals surface area contributed by atoms with Gasteiger partial charge in [0.2, 0.25) is 0 Å². The van der Waals surface area contributed by atoms with Crippen molar-refractivity contribution in [2.75, 3.05) is 6.61 Å². The molecule has 0 aromatic heterocycles. The van der Waals surface area contributed by atoms with Crippen molar-refractivity contribution in [2.24, 2.45) is 0 Å². The van der Waals surface area contributed by atoms with Crippen molar-refractivity contribution < 1.29 is 9.53 Å². The van der Waals surface area contributed by atoms with Gasteiger partial charge < -0.3 is 4.74 Å². The Labute approximate surface area is 82.0 Å². The third-order valence-electron chi connectivity index (χ3n) is 1.86. The lowest BCUT2D eigenvalue weighted by Gasteiger charge is -2.23. The molecule has 0 saturated carbocycles. The molecule has 0 radical (unpaired) electrons. The Balaban J connectivity index is 4.52. The number of carbonyl (C=O) groups excluding carboxylic acids is 1. The Kier molecular flexibility index (Phi) is 4.99. The number of allylic oxidation sites excluding steroid dienone is 1. The maximum Gasteiger partial charge on any atom is 0.309 e. The summed E-state index contributed by atoms with van der Waals surface area (Å²) >= 11 is 0. The van der Waals surface area contributed by atoms with Crippen molar-refractivity contribution in [2.45, 2.75) is 39.0 Å². The molecule has 0 aliphatic carbocycles. The summed E-state index contributed by atoms with van der Waals surface area (Å²) < 4.78 is 5.03. The summed E-state index contributed by atoms with van der Waals surface area (Å²) in [6.07, 6.45) is 3.89. The largest absolute Gasteiger partial charge is 0.466 e. The summed E-state index contributed by atoms with van der Waals surface area (Å²) in [6, 6.07) is 0. The Hall–Kier alpha value is -0.573.